The molecule has 6 heteroatoms. The Bertz CT molecular complexity index is 632. The van der Waals surface area contributed by atoms with Crippen LogP contribution < -0.4 is 0 Å². The van der Waals surface area contributed by atoms with Crippen molar-refractivity contribution >= 4 is 19.6 Å². The monoisotopic (exact) mass is 408 g/mol. The summed E-state index contributed by atoms with van der Waals surface area (Å²) in [5, 5.41) is 0. The van der Waals surface area contributed by atoms with Gasteiger partial charge < -0.3 is 14.0 Å². The van der Waals surface area contributed by atoms with Crippen molar-refractivity contribution in [1.29, 1.82) is 0 Å². The SMILES string of the molecule is CCCC/C(=C\C(=O)OCC)c1cnc(CCCC)n1COC(C)[Si](C)(C)C. The first-order valence-corrected chi connectivity index (χ1v) is 14.4. The van der Waals surface area contributed by atoms with Gasteiger partial charge >= 0.3 is 5.97 Å². The van der Waals surface area contributed by atoms with Crippen molar-refractivity contribution in [3.63, 3.8) is 0 Å². The highest BCUT2D eigenvalue weighted by Crippen LogP contribution is 2.24. The van der Waals surface area contributed by atoms with Crippen LogP contribution in [0.25, 0.3) is 5.57 Å². The lowest BCUT2D eigenvalue weighted by Gasteiger charge is -2.26. The summed E-state index contributed by atoms with van der Waals surface area (Å²) in [5.41, 5.74) is 2.21. The van der Waals surface area contributed by atoms with E-state index in [2.05, 4.69) is 50.0 Å². The van der Waals surface area contributed by atoms with Crippen LogP contribution in [0.3, 0.4) is 0 Å². The summed E-state index contributed by atoms with van der Waals surface area (Å²) in [7, 11) is -1.38. The van der Waals surface area contributed by atoms with E-state index in [-0.39, 0.29) is 11.7 Å². The minimum atomic E-state index is -1.38. The molecule has 0 radical (unpaired) electrons. The molecule has 5 nitrogen and oxygen atoms in total. The van der Waals surface area contributed by atoms with Crippen LogP contribution in [-0.4, -0.2) is 35.9 Å². The first-order chi connectivity index (χ1) is 13.2. The molecule has 0 bridgehead atoms. The minimum Gasteiger partial charge on any atom is -0.463 e. The van der Waals surface area contributed by atoms with Gasteiger partial charge in [-0.2, -0.15) is 0 Å². The Kier molecular flexibility index (Phi) is 10.8. The van der Waals surface area contributed by atoms with Gasteiger partial charge in [0, 0.05) is 18.2 Å². The van der Waals surface area contributed by atoms with E-state index in [9.17, 15) is 4.79 Å². The number of carbonyl (C=O) groups is 1. The zero-order valence-corrected chi connectivity index (χ0v) is 20.0. The Labute approximate surface area is 172 Å². The van der Waals surface area contributed by atoms with Gasteiger partial charge in [0.2, 0.25) is 0 Å². The van der Waals surface area contributed by atoms with Crippen molar-refractivity contribution in [3.8, 4) is 0 Å². The number of nitrogens with zero attached hydrogens (tertiary/aromatic N) is 2. The van der Waals surface area contributed by atoms with Gasteiger partial charge in [-0.3, -0.25) is 0 Å². The van der Waals surface area contributed by atoms with Gasteiger partial charge in [0.25, 0.3) is 0 Å². The van der Waals surface area contributed by atoms with E-state index >= 15 is 0 Å². The number of carbonyl (C=O) groups excluding carboxylic acids is 1. The Hall–Kier alpha value is -1.40. The van der Waals surface area contributed by atoms with Crippen LogP contribution in [0.2, 0.25) is 19.6 Å². The van der Waals surface area contributed by atoms with E-state index < -0.39 is 8.07 Å². The maximum Gasteiger partial charge on any atom is 0.331 e. The van der Waals surface area contributed by atoms with Gasteiger partial charge in [-0.1, -0.05) is 46.3 Å². The fourth-order valence-corrected chi connectivity index (χ4v) is 3.33. The van der Waals surface area contributed by atoms with Gasteiger partial charge in [0.1, 0.15) is 12.6 Å². The molecule has 0 aromatic carbocycles. The summed E-state index contributed by atoms with van der Waals surface area (Å²) < 4.78 is 13.6. The average molecular weight is 409 g/mol. The third-order valence-electron chi connectivity index (χ3n) is 5.07. The van der Waals surface area contributed by atoms with E-state index in [4.69, 9.17) is 9.47 Å². The van der Waals surface area contributed by atoms with Crippen LogP contribution in [0.15, 0.2) is 12.3 Å². The van der Waals surface area contributed by atoms with Crippen LogP contribution in [-0.2, 0) is 27.4 Å². The molecule has 0 fully saturated rings. The van der Waals surface area contributed by atoms with Crippen molar-refractivity contribution < 1.29 is 14.3 Å². The van der Waals surface area contributed by atoms with Crippen LogP contribution in [0.1, 0.15) is 71.3 Å². The first-order valence-electron chi connectivity index (χ1n) is 10.8. The molecule has 1 aromatic heterocycles. The lowest BCUT2D eigenvalue weighted by Crippen LogP contribution is -2.38. The normalized spacial score (nSPS) is 13.6. The standard InChI is InChI=1S/C22H40N2O3Si/c1-8-11-13-19(15-22(25)26-10-3)20-16-23-21(14-12-9-2)24(20)17-27-18(4)28(5,6)7/h15-16,18H,8-14,17H2,1-7H3/b19-15+. The zero-order valence-electron chi connectivity index (χ0n) is 19.0. The molecule has 0 aliphatic rings. The van der Waals surface area contributed by atoms with Crippen LogP contribution in [0.5, 0.6) is 0 Å². The summed E-state index contributed by atoms with van der Waals surface area (Å²) in [6, 6.07) is 0. The molecule has 1 aromatic rings. The molecule has 0 aliphatic heterocycles. The Morgan fingerprint density at radius 1 is 1.21 bits per heavy atom. The van der Waals surface area contributed by atoms with Crippen LogP contribution >= 0.6 is 0 Å². The van der Waals surface area contributed by atoms with E-state index in [0.29, 0.717) is 13.3 Å². The van der Waals surface area contributed by atoms with Crippen molar-refractivity contribution in [1.82, 2.24) is 9.55 Å². The molecule has 0 aliphatic carbocycles. The number of aromatic nitrogens is 2. The van der Waals surface area contributed by atoms with Crippen molar-refractivity contribution in [3.05, 3.63) is 23.8 Å². The van der Waals surface area contributed by atoms with Gasteiger partial charge in [0.15, 0.2) is 0 Å². The lowest BCUT2D eigenvalue weighted by molar-refractivity contribution is -0.137. The van der Waals surface area contributed by atoms with E-state index in [0.717, 1.165) is 55.6 Å². The molecule has 1 heterocycles. The fraction of sp³-hybridized carbons (Fsp3) is 0.727. The van der Waals surface area contributed by atoms with E-state index in [1.54, 1.807) is 6.08 Å². The van der Waals surface area contributed by atoms with Gasteiger partial charge in [-0.05, 0) is 38.7 Å². The second-order valence-corrected chi connectivity index (χ2v) is 14.0. The molecule has 0 saturated heterocycles. The molecular weight excluding hydrogens is 368 g/mol. The summed E-state index contributed by atoms with van der Waals surface area (Å²) in [5.74, 6) is 0.749. The Morgan fingerprint density at radius 2 is 1.89 bits per heavy atom. The molecule has 1 rings (SSSR count). The first kappa shape index (κ1) is 24.6. The third-order valence-corrected chi connectivity index (χ3v) is 7.68. The summed E-state index contributed by atoms with van der Waals surface area (Å²) in [4.78, 5) is 16.8. The summed E-state index contributed by atoms with van der Waals surface area (Å²) in [6.07, 6.45) is 9.58. The number of hydrogen-bond acceptors (Lipinski definition) is 4. The number of esters is 1. The topological polar surface area (TPSA) is 53.3 Å². The largest absolute Gasteiger partial charge is 0.463 e. The Morgan fingerprint density at radius 3 is 2.46 bits per heavy atom. The second-order valence-electron chi connectivity index (χ2n) is 8.42. The zero-order chi connectivity index (χ0) is 21.2. The van der Waals surface area contributed by atoms with Crippen LogP contribution in [0, 0.1) is 0 Å². The molecule has 1 atom stereocenters. The number of aryl methyl sites for hydroxylation is 1. The number of allylic oxidation sites excluding steroid dienone is 1. The highest BCUT2D eigenvalue weighted by molar-refractivity contribution is 6.77. The van der Waals surface area contributed by atoms with Crippen LogP contribution in [0.4, 0.5) is 0 Å². The van der Waals surface area contributed by atoms with Gasteiger partial charge in [-0.15, -0.1) is 0 Å². The Balaban J connectivity index is 3.21. The molecule has 0 spiro atoms. The van der Waals surface area contributed by atoms with Gasteiger partial charge in [-0.25, -0.2) is 9.78 Å². The predicted octanol–water partition coefficient (Wildman–Crippen LogP) is 5.60. The molecule has 28 heavy (non-hydrogen) atoms. The van der Waals surface area contributed by atoms with E-state index in [1.165, 1.54) is 0 Å². The smallest absolute Gasteiger partial charge is 0.331 e. The number of ether oxygens (including phenoxy) is 2. The van der Waals surface area contributed by atoms with Crippen molar-refractivity contribution in [2.75, 3.05) is 6.61 Å². The molecule has 0 N–H and O–H groups in total. The quantitative estimate of drug-likeness (QED) is 0.242. The lowest BCUT2D eigenvalue weighted by atomic mass is 10.1. The number of imidazole rings is 1. The summed E-state index contributed by atoms with van der Waals surface area (Å²) >= 11 is 0. The number of unbranched alkanes of at least 4 members (excludes halogenated alkanes) is 2. The third kappa shape index (κ3) is 7.92. The predicted molar refractivity (Wildman–Crippen MR) is 119 cm³/mol. The number of rotatable bonds is 13. The van der Waals surface area contributed by atoms with Crippen molar-refractivity contribution in [2.45, 2.75) is 98.3 Å². The highest BCUT2D eigenvalue weighted by Gasteiger charge is 2.24. The molecule has 0 amide bonds. The molecule has 0 saturated carbocycles. The average Bonchev–Trinajstić information content (AvgIpc) is 3.03. The van der Waals surface area contributed by atoms with E-state index in [1.807, 2.05) is 13.1 Å². The second kappa shape index (κ2) is 12.2. The van der Waals surface area contributed by atoms with Gasteiger partial charge in [0.05, 0.1) is 26.6 Å². The maximum absolute atomic E-state index is 12.1. The fourth-order valence-electron chi connectivity index (χ4n) is 2.75. The molecule has 1 unspecified atom stereocenters. The highest BCUT2D eigenvalue weighted by atomic mass is 28.3. The maximum atomic E-state index is 12.1. The number of hydrogen-bond donors (Lipinski definition) is 0. The van der Waals surface area contributed by atoms with Crippen molar-refractivity contribution in [2.24, 2.45) is 0 Å². The summed E-state index contributed by atoms with van der Waals surface area (Å²) in [6.45, 7) is 16.2. The molecular formula is C22H40N2O3Si. The minimum absolute atomic E-state index is 0.245. The molecule has 160 valence electrons.